The second-order valence-corrected chi connectivity index (χ2v) is 5.94. The van der Waals surface area contributed by atoms with E-state index in [9.17, 15) is 9.59 Å². The zero-order valence-electron chi connectivity index (χ0n) is 12.2. The molecule has 0 saturated carbocycles. The van der Waals surface area contributed by atoms with E-state index in [0.717, 1.165) is 16.2 Å². The van der Waals surface area contributed by atoms with Crippen LogP contribution < -0.4 is 10.1 Å². The summed E-state index contributed by atoms with van der Waals surface area (Å²) in [5.41, 5.74) is 0.214. The van der Waals surface area contributed by atoms with Crippen molar-refractivity contribution >= 4 is 23.2 Å². The average Bonchev–Trinajstić information content (AvgIpc) is 2.94. The summed E-state index contributed by atoms with van der Waals surface area (Å²) < 4.78 is 5.56. The third-order valence-corrected chi connectivity index (χ3v) is 3.72. The van der Waals surface area contributed by atoms with Crippen LogP contribution in [-0.4, -0.2) is 28.1 Å². The minimum absolute atomic E-state index is 0.0637. The molecule has 2 aromatic rings. The molecule has 2 rings (SSSR count). The Balaban J connectivity index is 2.04. The highest BCUT2D eigenvalue weighted by Crippen LogP contribution is 2.18. The van der Waals surface area contributed by atoms with Crippen LogP contribution in [0.4, 0.5) is 0 Å². The Bertz CT molecular complexity index is 682. The molecule has 6 nitrogen and oxygen atoms in total. The van der Waals surface area contributed by atoms with Crippen molar-refractivity contribution < 1.29 is 19.4 Å². The summed E-state index contributed by atoms with van der Waals surface area (Å²) in [4.78, 5) is 28.1. The Kier molecular flexibility index (Phi) is 5.11. The molecule has 0 aromatic carbocycles. The third-order valence-electron chi connectivity index (χ3n) is 2.64. The number of carboxylic acid groups (broad SMARTS) is 1. The van der Waals surface area contributed by atoms with Crippen LogP contribution >= 0.6 is 11.3 Å². The number of aromatic carboxylic acids is 1. The first-order chi connectivity index (χ1) is 10.5. The number of nitrogens with one attached hydrogen (secondary N) is 1. The topological polar surface area (TPSA) is 88.5 Å². The predicted octanol–water partition coefficient (Wildman–Crippen LogP) is 2.56. The van der Waals surface area contributed by atoms with Gasteiger partial charge >= 0.3 is 5.97 Å². The molecule has 0 unspecified atom stereocenters. The number of hydrogen-bond acceptors (Lipinski definition) is 5. The summed E-state index contributed by atoms with van der Waals surface area (Å²) in [7, 11) is 0. The molecule has 0 aliphatic heterocycles. The van der Waals surface area contributed by atoms with Gasteiger partial charge in [0.25, 0.3) is 5.91 Å². The highest BCUT2D eigenvalue weighted by atomic mass is 32.1. The lowest BCUT2D eigenvalue weighted by atomic mass is 10.3. The Morgan fingerprint density at radius 1 is 1.36 bits per heavy atom. The SMILES string of the molecule is CC(C)Oc1cccnc1C(=O)NCc1ccc(C(=O)O)s1. The number of pyridine rings is 1. The summed E-state index contributed by atoms with van der Waals surface area (Å²) >= 11 is 1.13. The summed E-state index contributed by atoms with van der Waals surface area (Å²) in [6.45, 7) is 3.98. The van der Waals surface area contributed by atoms with E-state index in [-0.39, 0.29) is 29.1 Å². The lowest BCUT2D eigenvalue weighted by Crippen LogP contribution is -2.24. The number of rotatable bonds is 6. The Morgan fingerprint density at radius 2 is 2.14 bits per heavy atom. The number of hydrogen-bond donors (Lipinski definition) is 2. The maximum absolute atomic E-state index is 12.2. The van der Waals surface area contributed by atoms with Gasteiger partial charge in [0, 0.05) is 11.1 Å². The molecule has 0 saturated heterocycles. The molecule has 0 aliphatic carbocycles. The van der Waals surface area contributed by atoms with Gasteiger partial charge in [-0.15, -0.1) is 11.3 Å². The number of thiophene rings is 1. The molecule has 7 heteroatoms. The summed E-state index contributed by atoms with van der Waals surface area (Å²) in [6, 6.07) is 6.59. The fraction of sp³-hybridized carbons (Fsp3) is 0.267. The lowest BCUT2D eigenvalue weighted by molar-refractivity contribution is 0.0702. The van der Waals surface area contributed by atoms with Gasteiger partial charge in [-0.3, -0.25) is 4.79 Å². The highest BCUT2D eigenvalue weighted by molar-refractivity contribution is 7.13. The van der Waals surface area contributed by atoms with Crippen LogP contribution in [0.15, 0.2) is 30.5 Å². The summed E-state index contributed by atoms with van der Waals surface area (Å²) in [6.07, 6.45) is 1.46. The van der Waals surface area contributed by atoms with E-state index in [0.29, 0.717) is 5.75 Å². The number of carbonyl (C=O) groups excluding carboxylic acids is 1. The van der Waals surface area contributed by atoms with E-state index < -0.39 is 5.97 Å². The molecule has 0 radical (unpaired) electrons. The van der Waals surface area contributed by atoms with Crippen molar-refractivity contribution in [1.82, 2.24) is 10.3 Å². The minimum Gasteiger partial charge on any atom is -0.489 e. The van der Waals surface area contributed by atoms with E-state index in [4.69, 9.17) is 9.84 Å². The van der Waals surface area contributed by atoms with Gasteiger partial charge in [0.15, 0.2) is 11.4 Å². The molecule has 0 atom stereocenters. The summed E-state index contributed by atoms with van der Waals surface area (Å²) in [5.74, 6) is -0.908. The fourth-order valence-electron chi connectivity index (χ4n) is 1.75. The lowest BCUT2D eigenvalue weighted by Gasteiger charge is -2.12. The minimum atomic E-state index is -0.972. The van der Waals surface area contributed by atoms with E-state index in [1.54, 1.807) is 18.2 Å². The maximum Gasteiger partial charge on any atom is 0.345 e. The third kappa shape index (κ3) is 4.05. The van der Waals surface area contributed by atoms with Crippen molar-refractivity contribution in [2.45, 2.75) is 26.5 Å². The largest absolute Gasteiger partial charge is 0.489 e. The molecule has 22 heavy (non-hydrogen) atoms. The molecule has 2 aromatic heterocycles. The molecule has 0 bridgehead atoms. The van der Waals surface area contributed by atoms with Crippen molar-refractivity contribution in [2.75, 3.05) is 0 Å². The molecule has 0 spiro atoms. The molecular formula is C15H16N2O4S. The highest BCUT2D eigenvalue weighted by Gasteiger charge is 2.15. The Hall–Kier alpha value is -2.41. The number of aromatic nitrogens is 1. The number of ether oxygens (including phenoxy) is 1. The Morgan fingerprint density at radius 3 is 2.77 bits per heavy atom. The van der Waals surface area contributed by atoms with Gasteiger partial charge in [-0.25, -0.2) is 9.78 Å². The molecule has 116 valence electrons. The van der Waals surface area contributed by atoms with Gasteiger partial charge in [0.2, 0.25) is 0 Å². The zero-order chi connectivity index (χ0) is 16.1. The van der Waals surface area contributed by atoms with Crippen LogP contribution in [0.25, 0.3) is 0 Å². The van der Waals surface area contributed by atoms with Crippen molar-refractivity contribution in [3.05, 3.63) is 45.9 Å². The second-order valence-electron chi connectivity index (χ2n) is 4.77. The summed E-state index contributed by atoms with van der Waals surface area (Å²) in [5, 5.41) is 11.6. The first-order valence-electron chi connectivity index (χ1n) is 6.69. The van der Waals surface area contributed by atoms with E-state index in [1.807, 2.05) is 13.8 Å². The standard InChI is InChI=1S/C15H16N2O4S/c1-9(2)21-11-4-3-7-16-13(11)14(18)17-8-10-5-6-12(22-10)15(19)20/h3-7,9H,8H2,1-2H3,(H,17,18)(H,19,20). The number of carboxylic acids is 1. The van der Waals surface area contributed by atoms with Crippen LogP contribution in [0, 0.1) is 0 Å². The maximum atomic E-state index is 12.2. The molecule has 0 aliphatic rings. The fourth-order valence-corrected chi connectivity index (χ4v) is 2.54. The molecule has 2 N–H and O–H groups in total. The number of amides is 1. The monoisotopic (exact) mass is 320 g/mol. The van der Waals surface area contributed by atoms with Crippen molar-refractivity contribution in [3.8, 4) is 5.75 Å². The van der Waals surface area contributed by atoms with Crippen LogP contribution in [0.1, 0.15) is 38.9 Å². The van der Waals surface area contributed by atoms with Crippen molar-refractivity contribution in [1.29, 1.82) is 0 Å². The Labute approximate surface area is 131 Å². The zero-order valence-corrected chi connectivity index (χ0v) is 13.0. The van der Waals surface area contributed by atoms with Gasteiger partial charge in [0.05, 0.1) is 12.6 Å². The van der Waals surface area contributed by atoms with Crippen molar-refractivity contribution in [3.63, 3.8) is 0 Å². The predicted molar refractivity (Wildman–Crippen MR) is 82.4 cm³/mol. The van der Waals surface area contributed by atoms with Gasteiger partial charge < -0.3 is 15.2 Å². The quantitative estimate of drug-likeness (QED) is 0.854. The van der Waals surface area contributed by atoms with Gasteiger partial charge in [0.1, 0.15) is 4.88 Å². The van der Waals surface area contributed by atoms with Crippen LogP contribution in [0.2, 0.25) is 0 Å². The average molecular weight is 320 g/mol. The second kappa shape index (κ2) is 7.04. The molecule has 2 heterocycles. The molecule has 1 amide bonds. The van der Waals surface area contributed by atoms with Crippen molar-refractivity contribution in [2.24, 2.45) is 0 Å². The van der Waals surface area contributed by atoms with E-state index in [2.05, 4.69) is 10.3 Å². The van der Waals surface area contributed by atoms with Gasteiger partial charge in [-0.2, -0.15) is 0 Å². The smallest absolute Gasteiger partial charge is 0.345 e. The molecular weight excluding hydrogens is 304 g/mol. The van der Waals surface area contributed by atoms with Crippen LogP contribution in [0.3, 0.4) is 0 Å². The van der Waals surface area contributed by atoms with Gasteiger partial charge in [-0.05, 0) is 38.1 Å². The van der Waals surface area contributed by atoms with Crippen LogP contribution in [-0.2, 0) is 6.54 Å². The molecule has 0 fully saturated rings. The first-order valence-corrected chi connectivity index (χ1v) is 7.51. The number of nitrogens with zero attached hydrogens (tertiary/aromatic N) is 1. The van der Waals surface area contributed by atoms with E-state index in [1.165, 1.54) is 12.3 Å². The number of carbonyl (C=O) groups is 2. The van der Waals surface area contributed by atoms with Gasteiger partial charge in [-0.1, -0.05) is 0 Å². The first kappa shape index (κ1) is 16.0. The normalized spacial score (nSPS) is 10.5. The van der Waals surface area contributed by atoms with E-state index >= 15 is 0 Å². The van der Waals surface area contributed by atoms with Crippen LogP contribution in [0.5, 0.6) is 5.75 Å².